The predicted molar refractivity (Wildman–Crippen MR) is 43.1 cm³/mol. The van der Waals surface area contributed by atoms with Crippen LogP contribution in [0.15, 0.2) is 28.9 Å². The van der Waals surface area contributed by atoms with Gasteiger partial charge in [0.1, 0.15) is 0 Å². The number of hydrogen-bond donors (Lipinski definition) is 0. The van der Waals surface area contributed by atoms with Crippen molar-refractivity contribution in [1.29, 1.82) is 0 Å². The number of aliphatic imine (C=N–C) groups is 1. The molecule has 0 atom stereocenters. The van der Waals surface area contributed by atoms with E-state index in [-0.39, 0.29) is 0 Å². The minimum atomic E-state index is 1.11. The third kappa shape index (κ3) is 0.919. The molecule has 1 aliphatic heterocycles. The van der Waals surface area contributed by atoms with Crippen LogP contribution in [0.25, 0.3) is 0 Å². The quantitative estimate of drug-likeness (QED) is 0.481. The topological polar surface area (TPSA) is 12.4 Å². The van der Waals surface area contributed by atoms with E-state index in [1.807, 2.05) is 6.20 Å². The van der Waals surface area contributed by atoms with Crippen molar-refractivity contribution >= 4 is 5.71 Å². The maximum Gasteiger partial charge on any atom is 0.0435 e. The lowest BCUT2D eigenvalue weighted by atomic mass is 9.94. The van der Waals surface area contributed by atoms with Crippen molar-refractivity contribution in [2.75, 3.05) is 0 Å². The normalized spacial score (nSPS) is 23.2. The molecule has 1 heteroatoms. The average molecular weight is 133 g/mol. The second-order valence-electron chi connectivity index (χ2n) is 2.79. The number of rotatable bonds is 0. The van der Waals surface area contributed by atoms with Crippen molar-refractivity contribution in [2.24, 2.45) is 4.99 Å². The van der Waals surface area contributed by atoms with Crippen LogP contribution in [0.1, 0.15) is 25.7 Å². The van der Waals surface area contributed by atoms with Gasteiger partial charge >= 0.3 is 0 Å². The maximum absolute atomic E-state index is 4.32. The lowest BCUT2D eigenvalue weighted by molar-refractivity contribution is 0.856. The van der Waals surface area contributed by atoms with Crippen molar-refractivity contribution in [2.45, 2.75) is 25.7 Å². The Kier molecular flexibility index (Phi) is 1.42. The smallest absolute Gasteiger partial charge is 0.0435 e. The Hall–Kier alpha value is -0.850. The van der Waals surface area contributed by atoms with Crippen molar-refractivity contribution < 1.29 is 0 Å². The highest BCUT2D eigenvalue weighted by atomic mass is 14.7. The van der Waals surface area contributed by atoms with E-state index in [1.54, 1.807) is 0 Å². The highest BCUT2D eigenvalue weighted by molar-refractivity contribution is 6.01. The van der Waals surface area contributed by atoms with Gasteiger partial charge in [-0.2, -0.15) is 0 Å². The fourth-order valence-corrected chi connectivity index (χ4v) is 1.50. The van der Waals surface area contributed by atoms with Gasteiger partial charge in [0.2, 0.25) is 0 Å². The van der Waals surface area contributed by atoms with Crippen molar-refractivity contribution in [3.05, 3.63) is 23.9 Å². The van der Waals surface area contributed by atoms with Crippen LogP contribution in [0, 0.1) is 0 Å². The molecule has 0 aromatic rings. The van der Waals surface area contributed by atoms with Crippen molar-refractivity contribution in [3.8, 4) is 0 Å². The SMILES string of the molecule is C1=CN=C2CCCC=C2C1. The van der Waals surface area contributed by atoms with Crippen molar-refractivity contribution in [1.82, 2.24) is 0 Å². The van der Waals surface area contributed by atoms with E-state index in [0.717, 1.165) is 6.42 Å². The third-order valence-electron chi connectivity index (χ3n) is 2.05. The van der Waals surface area contributed by atoms with E-state index in [9.17, 15) is 0 Å². The Morgan fingerprint density at radius 2 is 2.40 bits per heavy atom. The maximum atomic E-state index is 4.32. The van der Waals surface area contributed by atoms with E-state index in [2.05, 4.69) is 17.1 Å². The molecule has 0 fully saturated rings. The van der Waals surface area contributed by atoms with Crippen molar-refractivity contribution in [3.63, 3.8) is 0 Å². The summed E-state index contributed by atoms with van der Waals surface area (Å²) in [6, 6.07) is 0. The van der Waals surface area contributed by atoms with Crippen LogP contribution in [0.4, 0.5) is 0 Å². The highest BCUT2D eigenvalue weighted by Crippen LogP contribution is 2.21. The largest absolute Gasteiger partial charge is 0.261 e. The second kappa shape index (κ2) is 2.41. The molecule has 0 spiro atoms. The van der Waals surface area contributed by atoms with Crippen LogP contribution in [0.3, 0.4) is 0 Å². The van der Waals surface area contributed by atoms with Gasteiger partial charge in [-0.25, -0.2) is 0 Å². The molecule has 10 heavy (non-hydrogen) atoms. The van der Waals surface area contributed by atoms with Gasteiger partial charge in [0.05, 0.1) is 0 Å². The lowest BCUT2D eigenvalue weighted by Gasteiger charge is -2.15. The lowest BCUT2D eigenvalue weighted by Crippen LogP contribution is -2.08. The zero-order chi connectivity index (χ0) is 6.81. The van der Waals surface area contributed by atoms with E-state index in [4.69, 9.17) is 0 Å². The first-order valence-electron chi connectivity index (χ1n) is 3.88. The standard InChI is InChI=1S/C9H11N/c1-2-6-9-8(4-1)5-3-7-10-9/h3-4,7H,1-2,5-6H2. The molecule has 0 radical (unpaired) electrons. The molecular formula is C9H11N. The first kappa shape index (κ1) is 5.90. The van der Waals surface area contributed by atoms with Crippen LogP contribution in [0.2, 0.25) is 0 Å². The summed E-state index contributed by atoms with van der Waals surface area (Å²) in [5.74, 6) is 0. The predicted octanol–water partition coefficient (Wildman–Crippen LogP) is 2.46. The monoisotopic (exact) mass is 133 g/mol. The number of hydrogen-bond acceptors (Lipinski definition) is 1. The van der Waals surface area contributed by atoms with Crippen LogP contribution in [0.5, 0.6) is 0 Å². The summed E-state index contributed by atoms with van der Waals surface area (Å²) in [7, 11) is 0. The minimum Gasteiger partial charge on any atom is -0.261 e. The molecule has 0 unspecified atom stereocenters. The van der Waals surface area contributed by atoms with Crippen LogP contribution < -0.4 is 0 Å². The second-order valence-corrected chi connectivity index (χ2v) is 2.79. The first-order chi connectivity index (χ1) is 4.97. The zero-order valence-electron chi connectivity index (χ0n) is 6.01. The molecule has 2 aliphatic rings. The van der Waals surface area contributed by atoms with Gasteiger partial charge < -0.3 is 0 Å². The molecule has 52 valence electrons. The summed E-state index contributed by atoms with van der Waals surface area (Å²) >= 11 is 0. The fourth-order valence-electron chi connectivity index (χ4n) is 1.50. The summed E-state index contributed by atoms with van der Waals surface area (Å²) in [6.07, 6.45) is 11.2. The average Bonchev–Trinajstić information content (AvgIpc) is 2.05. The molecule has 0 bridgehead atoms. The molecule has 1 aliphatic carbocycles. The molecule has 0 saturated carbocycles. The summed E-state index contributed by atoms with van der Waals surface area (Å²) in [5.41, 5.74) is 2.79. The third-order valence-corrected chi connectivity index (χ3v) is 2.05. The highest BCUT2D eigenvalue weighted by Gasteiger charge is 2.11. The Balaban J connectivity index is 2.32. The number of allylic oxidation sites excluding steroid dienone is 3. The van der Waals surface area contributed by atoms with Crippen LogP contribution >= 0.6 is 0 Å². The van der Waals surface area contributed by atoms with Gasteiger partial charge in [0.25, 0.3) is 0 Å². The molecule has 0 aromatic carbocycles. The molecule has 0 amide bonds. The number of fused-ring (bicyclic) bond motifs is 1. The van der Waals surface area contributed by atoms with Crippen LogP contribution in [-0.2, 0) is 0 Å². The molecule has 1 heterocycles. The van der Waals surface area contributed by atoms with E-state index in [1.165, 1.54) is 30.5 Å². The van der Waals surface area contributed by atoms with Gasteiger partial charge in [-0.15, -0.1) is 0 Å². The minimum absolute atomic E-state index is 1.11. The van der Waals surface area contributed by atoms with Gasteiger partial charge in [0.15, 0.2) is 0 Å². The molecular weight excluding hydrogens is 122 g/mol. The summed E-state index contributed by atoms with van der Waals surface area (Å²) in [5, 5.41) is 0. The molecule has 0 saturated heterocycles. The Morgan fingerprint density at radius 1 is 1.40 bits per heavy atom. The Bertz CT molecular complexity index is 221. The van der Waals surface area contributed by atoms with E-state index < -0.39 is 0 Å². The summed E-state index contributed by atoms with van der Waals surface area (Å²) in [4.78, 5) is 4.32. The molecule has 2 rings (SSSR count). The first-order valence-corrected chi connectivity index (χ1v) is 3.88. The van der Waals surface area contributed by atoms with Gasteiger partial charge in [-0.1, -0.05) is 12.2 Å². The Morgan fingerprint density at radius 3 is 3.30 bits per heavy atom. The molecule has 0 aromatic heterocycles. The fraction of sp³-hybridized carbons (Fsp3) is 0.444. The number of nitrogens with zero attached hydrogens (tertiary/aromatic N) is 1. The van der Waals surface area contributed by atoms with E-state index in [0.29, 0.717) is 0 Å². The van der Waals surface area contributed by atoms with Crippen LogP contribution in [-0.4, -0.2) is 5.71 Å². The Labute approximate surface area is 61.2 Å². The van der Waals surface area contributed by atoms with Gasteiger partial charge in [0, 0.05) is 11.9 Å². The molecule has 0 N–H and O–H groups in total. The van der Waals surface area contributed by atoms with Gasteiger partial charge in [-0.05, 0) is 31.3 Å². The zero-order valence-corrected chi connectivity index (χ0v) is 6.01. The summed E-state index contributed by atoms with van der Waals surface area (Å²) < 4.78 is 0. The van der Waals surface area contributed by atoms with E-state index >= 15 is 0 Å². The molecule has 1 nitrogen and oxygen atoms in total. The summed E-state index contributed by atoms with van der Waals surface area (Å²) in [6.45, 7) is 0. The van der Waals surface area contributed by atoms with Gasteiger partial charge in [-0.3, -0.25) is 4.99 Å².